The Labute approximate surface area is 121 Å². The van der Waals surface area contributed by atoms with Crippen LogP contribution >= 0.6 is 0 Å². The van der Waals surface area contributed by atoms with Crippen LogP contribution in [0.2, 0.25) is 0 Å². The van der Waals surface area contributed by atoms with Crippen LogP contribution < -0.4 is 4.74 Å². The van der Waals surface area contributed by atoms with Gasteiger partial charge in [-0.25, -0.2) is 9.18 Å². The number of ether oxygens (including phenoxy) is 2. The van der Waals surface area contributed by atoms with Crippen molar-refractivity contribution in [3.63, 3.8) is 0 Å². The second-order valence-electron chi connectivity index (χ2n) is 4.13. The summed E-state index contributed by atoms with van der Waals surface area (Å²) < 4.78 is 23.1. The van der Waals surface area contributed by atoms with Gasteiger partial charge in [0.1, 0.15) is 24.8 Å². The Hall–Kier alpha value is -2.87. The smallest absolute Gasteiger partial charge is 0.338 e. The Morgan fingerprint density at radius 3 is 2.33 bits per heavy atom. The molecule has 21 heavy (non-hydrogen) atoms. The lowest BCUT2D eigenvalue weighted by Crippen LogP contribution is -2.12. The zero-order valence-corrected chi connectivity index (χ0v) is 11.1. The predicted molar refractivity (Wildman–Crippen MR) is 73.3 cm³/mol. The fourth-order valence-electron chi connectivity index (χ4n) is 1.59. The van der Waals surface area contributed by atoms with Gasteiger partial charge in [-0.05, 0) is 48.5 Å². The summed E-state index contributed by atoms with van der Waals surface area (Å²) in [5.41, 5.74) is 0.833. The maximum absolute atomic E-state index is 12.7. The molecule has 0 amide bonds. The van der Waals surface area contributed by atoms with Crippen molar-refractivity contribution in [3.8, 4) is 11.8 Å². The molecule has 5 heteroatoms. The third kappa shape index (κ3) is 4.32. The molecule has 0 atom stereocenters. The van der Waals surface area contributed by atoms with Crippen LogP contribution in [0.5, 0.6) is 5.75 Å². The van der Waals surface area contributed by atoms with Crippen LogP contribution in [0.15, 0.2) is 48.5 Å². The molecule has 4 nitrogen and oxygen atoms in total. The van der Waals surface area contributed by atoms with E-state index in [1.54, 1.807) is 24.3 Å². The molecule has 0 N–H and O–H groups in total. The Bertz CT molecular complexity index is 645. The lowest BCUT2D eigenvalue weighted by Gasteiger charge is -2.07. The van der Waals surface area contributed by atoms with E-state index in [-0.39, 0.29) is 18.8 Å². The van der Waals surface area contributed by atoms with Crippen LogP contribution in [0.3, 0.4) is 0 Å². The van der Waals surface area contributed by atoms with E-state index in [2.05, 4.69) is 0 Å². The standard InChI is InChI=1S/C16H12FNO3/c17-14-5-3-13(4-6-14)16(19)21-10-9-20-15-7-1-12(11-18)2-8-15/h1-8H,9-10H2. The van der Waals surface area contributed by atoms with Gasteiger partial charge < -0.3 is 9.47 Å². The predicted octanol–water partition coefficient (Wildman–Crippen LogP) is 2.93. The highest BCUT2D eigenvalue weighted by Gasteiger charge is 2.06. The molecule has 0 aliphatic rings. The molecule has 0 heterocycles. The first-order valence-corrected chi connectivity index (χ1v) is 6.25. The first kappa shape index (κ1) is 14.5. The van der Waals surface area contributed by atoms with Crippen LogP contribution in [-0.4, -0.2) is 19.2 Å². The highest BCUT2D eigenvalue weighted by Crippen LogP contribution is 2.11. The summed E-state index contributed by atoms with van der Waals surface area (Å²) in [6.07, 6.45) is 0. The van der Waals surface area contributed by atoms with Crippen molar-refractivity contribution in [3.05, 3.63) is 65.5 Å². The van der Waals surface area contributed by atoms with Gasteiger partial charge in [-0.2, -0.15) is 5.26 Å². The summed E-state index contributed by atoms with van der Waals surface area (Å²) >= 11 is 0. The summed E-state index contributed by atoms with van der Waals surface area (Å²) in [7, 11) is 0. The van der Waals surface area contributed by atoms with Crippen LogP contribution in [-0.2, 0) is 4.74 Å². The number of carbonyl (C=O) groups is 1. The summed E-state index contributed by atoms with van der Waals surface area (Å²) in [5.74, 6) is -0.346. The number of esters is 1. The lowest BCUT2D eigenvalue weighted by molar-refractivity contribution is 0.0450. The van der Waals surface area contributed by atoms with Crippen molar-refractivity contribution in [1.29, 1.82) is 5.26 Å². The van der Waals surface area contributed by atoms with E-state index in [1.807, 2.05) is 6.07 Å². The van der Waals surface area contributed by atoms with Gasteiger partial charge >= 0.3 is 5.97 Å². The van der Waals surface area contributed by atoms with Crippen molar-refractivity contribution in [2.24, 2.45) is 0 Å². The monoisotopic (exact) mass is 285 g/mol. The number of halogens is 1. The molecule has 106 valence electrons. The Balaban J connectivity index is 1.75. The second kappa shape index (κ2) is 7.06. The third-order valence-electron chi connectivity index (χ3n) is 2.65. The molecule has 0 aromatic heterocycles. The molecule has 0 radical (unpaired) electrons. The summed E-state index contributed by atoms with van der Waals surface area (Å²) in [6, 6.07) is 13.7. The van der Waals surface area contributed by atoms with E-state index in [0.29, 0.717) is 11.3 Å². The fourth-order valence-corrected chi connectivity index (χ4v) is 1.59. The van der Waals surface area contributed by atoms with Gasteiger partial charge in [0.05, 0.1) is 17.2 Å². The van der Waals surface area contributed by atoms with Crippen molar-refractivity contribution in [1.82, 2.24) is 0 Å². The van der Waals surface area contributed by atoms with Gasteiger partial charge in [-0.3, -0.25) is 0 Å². The average molecular weight is 285 g/mol. The second-order valence-corrected chi connectivity index (χ2v) is 4.13. The quantitative estimate of drug-likeness (QED) is 0.626. The van der Waals surface area contributed by atoms with Crippen molar-refractivity contribution in [2.75, 3.05) is 13.2 Å². The van der Waals surface area contributed by atoms with E-state index in [4.69, 9.17) is 14.7 Å². The molecule has 0 aliphatic carbocycles. The highest BCUT2D eigenvalue weighted by molar-refractivity contribution is 5.89. The highest BCUT2D eigenvalue weighted by atomic mass is 19.1. The molecule has 0 saturated carbocycles. The summed E-state index contributed by atoms with van der Waals surface area (Å²) in [5, 5.41) is 8.66. The van der Waals surface area contributed by atoms with Gasteiger partial charge in [0.15, 0.2) is 0 Å². The normalized spacial score (nSPS) is 9.71. The number of nitrogens with zero attached hydrogens (tertiary/aromatic N) is 1. The van der Waals surface area contributed by atoms with E-state index in [0.717, 1.165) is 0 Å². The largest absolute Gasteiger partial charge is 0.490 e. The Morgan fingerprint density at radius 1 is 1.05 bits per heavy atom. The maximum Gasteiger partial charge on any atom is 0.338 e. The van der Waals surface area contributed by atoms with Crippen LogP contribution in [0.1, 0.15) is 15.9 Å². The van der Waals surface area contributed by atoms with Crippen molar-refractivity contribution < 1.29 is 18.7 Å². The lowest BCUT2D eigenvalue weighted by atomic mass is 10.2. The first-order valence-electron chi connectivity index (χ1n) is 6.25. The molecule has 0 bridgehead atoms. The van der Waals surface area contributed by atoms with Crippen molar-refractivity contribution in [2.45, 2.75) is 0 Å². The minimum Gasteiger partial charge on any atom is -0.490 e. The van der Waals surface area contributed by atoms with Gasteiger partial charge in [0.2, 0.25) is 0 Å². The number of benzene rings is 2. The molecular formula is C16H12FNO3. The molecule has 0 unspecified atom stereocenters. The zero-order valence-electron chi connectivity index (χ0n) is 11.1. The Kier molecular flexibility index (Phi) is 4.89. The number of carbonyl (C=O) groups excluding carboxylic acids is 1. The number of rotatable bonds is 5. The topological polar surface area (TPSA) is 59.3 Å². The first-order chi connectivity index (χ1) is 10.2. The van der Waals surface area contributed by atoms with Crippen LogP contribution in [0.4, 0.5) is 4.39 Å². The van der Waals surface area contributed by atoms with E-state index in [9.17, 15) is 9.18 Å². The Morgan fingerprint density at radius 2 is 1.71 bits per heavy atom. The molecule has 0 saturated heterocycles. The minimum atomic E-state index is -0.529. The van der Waals surface area contributed by atoms with Gasteiger partial charge in [0, 0.05) is 0 Å². The molecule has 2 aromatic carbocycles. The molecule has 0 fully saturated rings. The SMILES string of the molecule is N#Cc1ccc(OCCOC(=O)c2ccc(F)cc2)cc1. The fraction of sp³-hybridized carbons (Fsp3) is 0.125. The molecule has 0 spiro atoms. The minimum absolute atomic E-state index is 0.0796. The third-order valence-corrected chi connectivity index (χ3v) is 2.65. The van der Waals surface area contributed by atoms with Gasteiger partial charge in [0.25, 0.3) is 0 Å². The van der Waals surface area contributed by atoms with E-state index < -0.39 is 11.8 Å². The molecule has 2 rings (SSSR count). The molecule has 0 aliphatic heterocycles. The average Bonchev–Trinajstić information content (AvgIpc) is 2.52. The van der Waals surface area contributed by atoms with E-state index >= 15 is 0 Å². The number of hydrogen-bond donors (Lipinski definition) is 0. The summed E-state index contributed by atoms with van der Waals surface area (Å²) in [4.78, 5) is 11.6. The maximum atomic E-state index is 12.7. The number of hydrogen-bond acceptors (Lipinski definition) is 4. The van der Waals surface area contributed by atoms with Crippen molar-refractivity contribution >= 4 is 5.97 Å². The zero-order chi connectivity index (χ0) is 15.1. The molecule has 2 aromatic rings. The summed E-state index contributed by atoms with van der Waals surface area (Å²) in [6.45, 7) is 0.273. The van der Waals surface area contributed by atoms with Crippen LogP contribution in [0, 0.1) is 17.1 Å². The van der Waals surface area contributed by atoms with E-state index in [1.165, 1.54) is 24.3 Å². The number of nitriles is 1. The van der Waals surface area contributed by atoms with Crippen LogP contribution in [0.25, 0.3) is 0 Å². The molecular weight excluding hydrogens is 273 g/mol. The van der Waals surface area contributed by atoms with Gasteiger partial charge in [-0.1, -0.05) is 0 Å². The van der Waals surface area contributed by atoms with Gasteiger partial charge in [-0.15, -0.1) is 0 Å².